The molecule has 0 aliphatic heterocycles. The molecular weight excluding hydrogens is 366 g/mol. The summed E-state index contributed by atoms with van der Waals surface area (Å²) in [5.74, 6) is 0. The van der Waals surface area contributed by atoms with Gasteiger partial charge in [0.1, 0.15) is 0 Å². The first-order chi connectivity index (χ1) is 7.19. The molecule has 0 heterocycles. The summed E-state index contributed by atoms with van der Waals surface area (Å²) in [6.07, 6.45) is 8.42. The summed E-state index contributed by atoms with van der Waals surface area (Å²) in [6, 6.07) is 0. The van der Waals surface area contributed by atoms with E-state index in [0.717, 1.165) is 0 Å². The predicted octanol–water partition coefficient (Wildman–Crippen LogP) is 1.20. The first-order valence-corrected chi connectivity index (χ1v) is 4.85. The molecule has 0 bridgehead atoms. The summed E-state index contributed by atoms with van der Waals surface area (Å²) in [5, 5.41) is 0. The summed E-state index contributed by atoms with van der Waals surface area (Å²) in [5.41, 5.74) is 1.40. The maximum absolute atomic E-state index is 7.50. The van der Waals surface area contributed by atoms with Crippen LogP contribution in [-0.2, 0) is 33.6 Å². The molecule has 3 nitrogen and oxygen atoms in total. The van der Waals surface area contributed by atoms with E-state index < -0.39 is 0 Å². The SMILES string of the molecule is C=C[C]1([Re])C=CC=C1C.[C]=O.[C]=O.[C]=O. The van der Waals surface area contributed by atoms with Gasteiger partial charge in [0.05, 0.1) is 0 Å². The van der Waals surface area contributed by atoms with Crippen LogP contribution in [0.4, 0.5) is 0 Å². The van der Waals surface area contributed by atoms with E-state index in [4.69, 9.17) is 14.4 Å². The van der Waals surface area contributed by atoms with Crippen LogP contribution in [0.3, 0.4) is 0 Å². The van der Waals surface area contributed by atoms with Crippen LogP contribution in [0.25, 0.3) is 0 Å². The van der Waals surface area contributed by atoms with E-state index in [1.165, 1.54) is 5.57 Å². The zero-order chi connectivity index (χ0) is 12.9. The van der Waals surface area contributed by atoms with Gasteiger partial charge in [-0.05, 0) is 0 Å². The molecule has 1 aliphatic rings. The second-order valence-corrected chi connectivity index (χ2v) is 4.43. The predicted molar refractivity (Wildman–Crippen MR) is 52.9 cm³/mol. The Morgan fingerprint density at radius 1 is 1.27 bits per heavy atom. The fourth-order valence-electron chi connectivity index (χ4n) is 0.821. The van der Waals surface area contributed by atoms with Crippen LogP contribution in [0.15, 0.2) is 36.5 Å². The Hall–Kier alpha value is -1.11. The molecule has 0 aromatic carbocycles. The average Bonchev–Trinajstić information content (AvgIpc) is 2.68. The zero-order valence-electron chi connectivity index (χ0n) is 8.12. The molecule has 0 saturated carbocycles. The maximum Gasteiger partial charge on any atom is 0.281 e. The van der Waals surface area contributed by atoms with Gasteiger partial charge in [-0.15, -0.1) is 0 Å². The Labute approximate surface area is 101 Å². The maximum atomic E-state index is 7.50. The molecule has 0 aromatic heterocycles. The molecule has 1 rings (SSSR count). The Morgan fingerprint density at radius 2 is 1.67 bits per heavy atom. The topological polar surface area (TPSA) is 51.2 Å². The first-order valence-electron chi connectivity index (χ1n) is 3.49. The molecule has 1 aliphatic carbocycles. The van der Waals surface area contributed by atoms with Crippen molar-refractivity contribution in [1.82, 2.24) is 0 Å². The second-order valence-electron chi connectivity index (χ2n) is 2.18. The smallest absolute Gasteiger partial charge is 0.281 e. The number of hydrogen-bond donors (Lipinski definition) is 0. The van der Waals surface area contributed by atoms with Gasteiger partial charge >= 0.3 is 66.5 Å². The van der Waals surface area contributed by atoms with Crippen molar-refractivity contribution >= 4 is 20.4 Å². The Balaban J connectivity index is -0.000000208. The van der Waals surface area contributed by atoms with Crippen molar-refractivity contribution in [2.75, 3.05) is 0 Å². The van der Waals surface area contributed by atoms with Gasteiger partial charge in [-0.25, -0.2) is 0 Å². The largest absolute Gasteiger partial charge is 0.281 e. The van der Waals surface area contributed by atoms with Crippen molar-refractivity contribution in [1.29, 1.82) is 0 Å². The summed E-state index contributed by atoms with van der Waals surface area (Å²) < 4.78 is 0.194. The van der Waals surface area contributed by atoms with Crippen molar-refractivity contribution < 1.29 is 33.6 Å². The van der Waals surface area contributed by atoms with Crippen molar-refractivity contribution in [3.8, 4) is 0 Å². The van der Waals surface area contributed by atoms with Crippen molar-refractivity contribution in [3.05, 3.63) is 36.5 Å². The Kier molecular flexibility index (Phi) is 16.7. The van der Waals surface area contributed by atoms with Crippen LogP contribution in [0, 0.1) is 0 Å². The second kappa shape index (κ2) is 12.9. The van der Waals surface area contributed by atoms with E-state index in [2.05, 4.69) is 52.1 Å². The summed E-state index contributed by atoms with van der Waals surface area (Å²) in [6.45, 7) is 19.4. The standard InChI is InChI=1S/C8H9.3CO.Re/c1-3-8-6-4-5-7(8)2;3*1-2;/h3-6H,1H2,2H3;;;;. The fourth-order valence-corrected chi connectivity index (χ4v) is 1.31. The van der Waals surface area contributed by atoms with Crippen LogP contribution >= 0.6 is 0 Å². The number of rotatable bonds is 1. The minimum atomic E-state index is 0.194. The molecule has 1 unspecified atom stereocenters. The molecular formula is C11H9O3Re. The van der Waals surface area contributed by atoms with E-state index in [9.17, 15) is 0 Å². The molecule has 78 valence electrons. The van der Waals surface area contributed by atoms with Gasteiger partial charge in [-0.2, -0.15) is 0 Å². The number of hydrogen-bond acceptors (Lipinski definition) is 3. The van der Waals surface area contributed by atoms with E-state index >= 15 is 0 Å². The number of carbonyl (C=O) groups excluding carboxylic acids is 3. The van der Waals surface area contributed by atoms with Crippen molar-refractivity contribution in [2.45, 2.75) is 10.8 Å². The third-order valence-electron chi connectivity index (χ3n) is 1.59. The fraction of sp³-hybridized carbons (Fsp3) is 0.182. The molecule has 0 N–H and O–H groups in total. The van der Waals surface area contributed by atoms with Gasteiger partial charge in [-0.1, -0.05) is 0 Å². The van der Waals surface area contributed by atoms with Crippen molar-refractivity contribution in [3.63, 3.8) is 0 Å². The van der Waals surface area contributed by atoms with Gasteiger partial charge in [0, 0.05) is 0 Å². The zero-order valence-corrected chi connectivity index (χ0v) is 10.8. The molecule has 4 heteroatoms. The monoisotopic (exact) mass is 376 g/mol. The minimum Gasteiger partial charge on any atom is -0.281 e. The molecule has 6 radical (unpaired) electrons. The number of allylic oxidation sites excluding steroid dienone is 5. The summed E-state index contributed by atoms with van der Waals surface area (Å²) in [7, 11) is 0. The van der Waals surface area contributed by atoms with E-state index in [1.807, 2.05) is 6.08 Å². The molecule has 0 aromatic rings. The van der Waals surface area contributed by atoms with Gasteiger partial charge in [0.25, 0.3) is 20.4 Å². The molecule has 15 heavy (non-hydrogen) atoms. The Bertz CT molecular complexity index is 231. The van der Waals surface area contributed by atoms with Crippen LogP contribution in [-0.4, -0.2) is 20.4 Å². The minimum absolute atomic E-state index is 0.194. The normalized spacial score (nSPS) is 20.3. The van der Waals surface area contributed by atoms with Crippen LogP contribution < -0.4 is 0 Å². The first kappa shape index (κ1) is 19.5. The molecule has 0 spiro atoms. The van der Waals surface area contributed by atoms with E-state index in [0.29, 0.717) is 0 Å². The van der Waals surface area contributed by atoms with Gasteiger partial charge in [0.2, 0.25) is 0 Å². The summed E-state index contributed by atoms with van der Waals surface area (Å²) in [4.78, 5) is 22.5. The molecule has 0 amide bonds. The van der Waals surface area contributed by atoms with Gasteiger partial charge in [-0.3, -0.25) is 14.4 Å². The van der Waals surface area contributed by atoms with Crippen LogP contribution in [0.1, 0.15) is 6.92 Å². The quantitative estimate of drug-likeness (QED) is 0.648. The Morgan fingerprint density at radius 3 is 1.80 bits per heavy atom. The third kappa shape index (κ3) is 6.90. The average molecular weight is 375 g/mol. The van der Waals surface area contributed by atoms with Gasteiger partial charge < -0.3 is 0 Å². The van der Waals surface area contributed by atoms with Crippen molar-refractivity contribution in [2.24, 2.45) is 0 Å². The summed E-state index contributed by atoms with van der Waals surface area (Å²) >= 11 is 1.75. The molecule has 1 atom stereocenters. The van der Waals surface area contributed by atoms with Crippen LogP contribution in [0.2, 0.25) is 3.89 Å². The van der Waals surface area contributed by atoms with E-state index in [-0.39, 0.29) is 3.89 Å². The van der Waals surface area contributed by atoms with Gasteiger partial charge in [0.15, 0.2) is 0 Å². The van der Waals surface area contributed by atoms with Crippen LogP contribution in [0.5, 0.6) is 0 Å². The molecule has 0 fully saturated rings. The van der Waals surface area contributed by atoms with E-state index in [1.54, 1.807) is 19.2 Å². The third-order valence-corrected chi connectivity index (χ3v) is 3.66. The molecule has 0 saturated heterocycles.